The minimum Gasteiger partial charge on any atom is -0.317 e. The third-order valence-electron chi connectivity index (χ3n) is 0.854. The van der Waals surface area contributed by atoms with Gasteiger partial charge in [-0.15, -0.1) is 0 Å². The Morgan fingerprint density at radius 1 is 1.18 bits per heavy atom. The largest absolute Gasteiger partial charge is 0.317 e. The smallest absolute Gasteiger partial charge is 0.254 e. The van der Waals surface area contributed by atoms with E-state index in [0.29, 0.717) is 0 Å². The molecule has 11 heavy (non-hydrogen) atoms. The summed E-state index contributed by atoms with van der Waals surface area (Å²) in [6, 6.07) is 0. The van der Waals surface area contributed by atoms with Crippen LogP contribution in [0.2, 0.25) is 0 Å². The zero-order valence-electron chi connectivity index (χ0n) is 7.04. The van der Waals surface area contributed by atoms with Crippen molar-refractivity contribution in [3.8, 4) is 0 Å². The van der Waals surface area contributed by atoms with Crippen LogP contribution < -0.4 is 5.32 Å². The van der Waals surface area contributed by atoms with Gasteiger partial charge < -0.3 is 5.32 Å². The summed E-state index contributed by atoms with van der Waals surface area (Å²) in [4.78, 5) is 0. The van der Waals surface area contributed by atoms with Crippen LogP contribution in [-0.4, -0.2) is 26.1 Å². The van der Waals surface area contributed by atoms with Gasteiger partial charge in [0.15, 0.2) is 0 Å². The van der Waals surface area contributed by atoms with E-state index in [2.05, 4.69) is 19.2 Å². The van der Waals surface area contributed by atoms with Crippen LogP contribution in [0.5, 0.6) is 0 Å². The minimum absolute atomic E-state index is 1.17. The predicted molar refractivity (Wildman–Crippen MR) is 46.4 cm³/mol. The standard InChI is InChI=1S/C6H15N.H2O3S/c1-3-5-7-6-4-2;1-4(2)3/h7H,3-6H2,1-2H3;4H,(H,1,2,3). The Labute approximate surface area is 69.8 Å². The van der Waals surface area contributed by atoms with E-state index in [4.69, 9.17) is 13.0 Å². The summed E-state index contributed by atoms with van der Waals surface area (Å²) in [5.41, 5.74) is 0. The van der Waals surface area contributed by atoms with Gasteiger partial charge in [-0.05, 0) is 25.9 Å². The molecule has 0 aromatic carbocycles. The first-order valence-electron chi connectivity index (χ1n) is 3.69. The van der Waals surface area contributed by atoms with E-state index in [0.717, 1.165) is 0 Å². The fourth-order valence-corrected chi connectivity index (χ4v) is 0.479. The highest BCUT2D eigenvalue weighted by atomic mass is 32.2. The van der Waals surface area contributed by atoms with Crippen LogP contribution in [0.15, 0.2) is 0 Å². The highest BCUT2D eigenvalue weighted by Crippen LogP contribution is 1.71. The third kappa shape index (κ3) is 40.8. The Bertz CT molecular complexity index is 113. The number of hydrogen-bond donors (Lipinski definition) is 3. The molecule has 0 bridgehead atoms. The third-order valence-corrected chi connectivity index (χ3v) is 0.854. The number of thiol groups is 1. The van der Waals surface area contributed by atoms with Gasteiger partial charge >= 0.3 is 0 Å². The molecule has 70 valence electrons. The van der Waals surface area contributed by atoms with Gasteiger partial charge in [-0.25, -0.2) is 8.42 Å². The van der Waals surface area contributed by atoms with Gasteiger partial charge in [0.2, 0.25) is 0 Å². The second-order valence-corrected chi connectivity index (χ2v) is 2.46. The predicted octanol–water partition coefficient (Wildman–Crippen LogP) is 0.467. The lowest BCUT2D eigenvalue weighted by Gasteiger charge is -1.95. The second-order valence-electron chi connectivity index (χ2n) is 1.99. The lowest BCUT2D eigenvalue weighted by atomic mass is 10.4. The fourth-order valence-electron chi connectivity index (χ4n) is 0.479. The summed E-state index contributed by atoms with van der Waals surface area (Å²) in [7, 11) is -3.12. The van der Waals surface area contributed by atoms with Crippen LogP contribution in [0.1, 0.15) is 26.7 Å². The van der Waals surface area contributed by atoms with Crippen molar-refractivity contribution in [2.24, 2.45) is 0 Å². The molecular weight excluding hydrogens is 166 g/mol. The first kappa shape index (κ1) is 13.5. The maximum atomic E-state index is 8.59. The van der Waals surface area contributed by atoms with Gasteiger partial charge in [0.1, 0.15) is 0 Å². The van der Waals surface area contributed by atoms with E-state index < -0.39 is 11.0 Å². The van der Waals surface area contributed by atoms with Crippen molar-refractivity contribution in [1.29, 1.82) is 0 Å². The Morgan fingerprint density at radius 3 is 1.64 bits per heavy atom. The molecule has 0 aliphatic rings. The molecule has 0 aromatic rings. The maximum absolute atomic E-state index is 8.59. The van der Waals surface area contributed by atoms with Crippen molar-refractivity contribution in [3.05, 3.63) is 0 Å². The molecule has 0 fully saturated rings. The molecule has 0 spiro atoms. The van der Waals surface area contributed by atoms with E-state index in [-0.39, 0.29) is 0 Å². The molecule has 0 aliphatic carbocycles. The van der Waals surface area contributed by atoms with Crippen LogP contribution in [-0.2, 0) is 11.0 Å². The van der Waals surface area contributed by atoms with Crippen LogP contribution in [0, 0.1) is 0 Å². The molecule has 0 aliphatic heterocycles. The molecular formula is C6H17NO3S. The van der Waals surface area contributed by atoms with Crippen LogP contribution in [0.25, 0.3) is 0 Å². The van der Waals surface area contributed by atoms with E-state index >= 15 is 0 Å². The average Bonchev–Trinajstić information content (AvgIpc) is 1.88. The van der Waals surface area contributed by atoms with Crippen molar-refractivity contribution in [1.82, 2.24) is 5.32 Å². The molecule has 0 amide bonds. The topological polar surface area (TPSA) is 66.4 Å². The van der Waals surface area contributed by atoms with Crippen molar-refractivity contribution >= 4 is 11.0 Å². The lowest BCUT2D eigenvalue weighted by Crippen LogP contribution is -2.14. The molecule has 0 saturated heterocycles. The quantitative estimate of drug-likeness (QED) is 0.337. The van der Waals surface area contributed by atoms with Crippen molar-refractivity contribution in [3.63, 3.8) is 0 Å². The van der Waals surface area contributed by atoms with Crippen molar-refractivity contribution in [2.75, 3.05) is 13.1 Å². The molecule has 0 rings (SSSR count). The number of rotatable bonds is 4. The van der Waals surface area contributed by atoms with Gasteiger partial charge in [0, 0.05) is 0 Å². The van der Waals surface area contributed by atoms with Crippen LogP contribution in [0.4, 0.5) is 0 Å². The zero-order chi connectivity index (χ0) is 9.11. The van der Waals surface area contributed by atoms with Gasteiger partial charge in [-0.2, -0.15) is 0 Å². The second kappa shape index (κ2) is 12.5. The van der Waals surface area contributed by atoms with Gasteiger partial charge in [-0.3, -0.25) is 4.55 Å². The van der Waals surface area contributed by atoms with E-state index in [1.54, 1.807) is 0 Å². The van der Waals surface area contributed by atoms with Gasteiger partial charge in [0.25, 0.3) is 11.0 Å². The van der Waals surface area contributed by atoms with Gasteiger partial charge in [0.05, 0.1) is 0 Å². The molecule has 0 aromatic heterocycles. The van der Waals surface area contributed by atoms with E-state index in [1.165, 1.54) is 25.9 Å². The highest BCUT2D eigenvalue weighted by Gasteiger charge is 1.76. The number of nitrogens with one attached hydrogen (secondary N) is 1. The molecule has 2 N–H and O–H groups in total. The monoisotopic (exact) mass is 183 g/mol. The normalized spacial score (nSPS) is 9.09. The maximum Gasteiger partial charge on any atom is 0.254 e. The summed E-state index contributed by atoms with van der Waals surface area (Å²) in [5.74, 6) is 0. The molecule has 0 radical (unpaired) electrons. The first-order valence-corrected chi connectivity index (χ1v) is 4.82. The molecule has 0 saturated carbocycles. The van der Waals surface area contributed by atoms with E-state index in [1.807, 2.05) is 0 Å². The molecule has 5 heteroatoms. The molecule has 0 heterocycles. The van der Waals surface area contributed by atoms with E-state index in [9.17, 15) is 0 Å². The summed E-state index contributed by atoms with van der Waals surface area (Å²) >= 11 is 0. The lowest BCUT2D eigenvalue weighted by molar-refractivity contribution is 0.509. The summed E-state index contributed by atoms with van der Waals surface area (Å²) in [6.45, 7) is 6.72. The van der Waals surface area contributed by atoms with Crippen LogP contribution in [0.3, 0.4) is 0 Å². The first-order chi connectivity index (χ1) is 5.15. The van der Waals surface area contributed by atoms with Crippen molar-refractivity contribution < 1.29 is 13.0 Å². The fraction of sp³-hybridized carbons (Fsp3) is 1.00. The molecule has 4 nitrogen and oxygen atoms in total. The highest BCUT2D eigenvalue weighted by molar-refractivity contribution is 7.66. The Hall–Kier alpha value is -0.130. The minimum atomic E-state index is -3.12. The Kier molecular flexibility index (Phi) is 15.3. The Morgan fingerprint density at radius 2 is 1.45 bits per heavy atom. The summed E-state index contributed by atoms with van der Waals surface area (Å²) < 4.78 is 24.2. The SMILES string of the molecule is CCCNCCC.O=[SH](=O)O. The van der Waals surface area contributed by atoms with Crippen molar-refractivity contribution in [2.45, 2.75) is 26.7 Å². The van der Waals surface area contributed by atoms with Crippen LogP contribution >= 0.6 is 0 Å². The molecule has 0 unspecified atom stereocenters. The Balaban J connectivity index is 0. The summed E-state index contributed by atoms with van der Waals surface area (Å²) in [5, 5.41) is 3.28. The van der Waals surface area contributed by atoms with Gasteiger partial charge in [-0.1, -0.05) is 13.8 Å². The summed E-state index contributed by atoms with van der Waals surface area (Å²) in [6.07, 6.45) is 2.50. The number of hydrogen-bond acceptors (Lipinski definition) is 3. The zero-order valence-corrected chi connectivity index (χ0v) is 7.93. The molecule has 0 atom stereocenters. The average molecular weight is 183 g/mol.